The molecular formula is C21H22N4O5S. The second-order valence-corrected chi connectivity index (χ2v) is 6.95. The molecule has 0 radical (unpaired) electrons. The lowest BCUT2D eigenvalue weighted by Crippen LogP contribution is -2.25. The minimum Gasteiger partial charge on any atom is -0.447 e. The number of aromatic nitrogens is 2. The van der Waals surface area contributed by atoms with Gasteiger partial charge in [-0.3, -0.25) is 19.5 Å². The normalized spacial score (nSPS) is 10.6. The Morgan fingerprint density at radius 1 is 1.06 bits per heavy atom. The van der Waals surface area contributed by atoms with Crippen LogP contribution in [0, 0.1) is 4.77 Å². The number of methoxy groups -OCH3 is 1. The van der Waals surface area contributed by atoms with E-state index in [2.05, 4.69) is 15.6 Å². The van der Waals surface area contributed by atoms with Gasteiger partial charge in [-0.25, -0.2) is 4.79 Å². The zero-order valence-corrected chi connectivity index (χ0v) is 17.7. The van der Waals surface area contributed by atoms with Crippen molar-refractivity contribution >= 4 is 46.5 Å². The van der Waals surface area contributed by atoms with Gasteiger partial charge in [-0.15, -0.1) is 0 Å². The van der Waals surface area contributed by atoms with Crippen LogP contribution in [0.5, 0.6) is 0 Å². The van der Waals surface area contributed by atoms with Gasteiger partial charge in [0.15, 0.2) is 4.77 Å². The van der Waals surface area contributed by atoms with Crippen LogP contribution < -0.4 is 16.2 Å². The summed E-state index contributed by atoms with van der Waals surface area (Å²) in [6.45, 7) is 0.567. The maximum atomic E-state index is 12.6. The average molecular weight is 442 g/mol. The summed E-state index contributed by atoms with van der Waals surface area (Å²) in [5.74, 6) is -0.297. The van der Waals surface area contributed by atoms with E-state index in [9.17, 15) is 14.4 Å². The fourth-order valence-corrected chi connectivity index (χ4v) is 3.17. The summed E-state index contributed by atoms with van der Waals surface area (Å²) < 4.78 is 11.4. The molecule has 1 heterocycles. The standard InChI is InChI=1S/C21H22N4O5S/c1-29-11-12-30-21(28)23-15-6-4-5-14(13-15)22-18(26)9-10-25-19(27)16-7-2-3-8-17(16)24-20(25)31/h2-8,13H,9-12H2,1H3,(H,22,26)(H,23,28)(H,24,31). The molecule has 0 unspecified atom stereocenters. The van der Waals surface area contributed by atoms with E-state index < -0.39 is 6.09 Å². The number of carbonyl (C=O) groups excluding carboxylic acids is 2. The Hall–Kier alpha value is -3.50. The van der Waals surface area contributed by atoms with E-state index in [1.807, 2.05) is 6.07 Å². The molecule has 0 fully saturated rings. The molecule has 9 nitrogen and oxygen atoms in total. The second kappa shape index (κ2) is 10.5. The Morgan fingerprint density at radius 3 is 2.58 bits per heavy atom. The van der Waals surface area contributed by atoms with Gasteiger partial charge in [-0.05, 0) is 42.5 Å². The molecule has 10 heteroatoms. The molecule has 0 spiro atoms. The van der Waals surface area contributed by atoms with E-state index in [1.165, 1.54) is 11.7 Å². The molecule has 0 atom stereocenters. The SMILES string of the molecule is COCCOC(=O)Nc1cccc(NC(=O)CCn2c(=S)[nH]c3ccccc3c2=O)c1. The summed E-state index contributed by atoms with van der Waals surface area (Å²) >= 11 is 5.26. The monoisotopic (exact) mass is 442 g/mol. The number of nitrogens with one attached hydrogen (secondary N) is 3. The predicted octanol–water partition coefficient (Wildman–Crippen LogP) is 3.28. The molecule has 2 aromatic carbocycles. The second-order valence-electron chi connectivity index (χ2n) is 6.57. The molecule has 0 saturated heterocycles. The molecular weight excluding hydrogens is 420 g/mol. The minimum absolute atomic E-state index is 0.0481. The van der Waals surface area contributed by atoms with Gasteiger partial charge in [0.25, 0.3) is 5.56 Å². The van der Waals surface area contributed by atoms with Gasteiger partial charge in [0.2, 0.25) is 5.91 Å². The summed E-state index contributed by atoms with van der Waals surface area (Å²) in [6, 6.07) is 13.7. The number of nitrogens with zero attached hydrogens (tertiary/aromatic N) is 1. The van der Waals surface area contributed by atoms with Crippen molar-refractivity contribution < 1.29 is 19.1 Å². The number of hydrogen-bond acceptors (Lipinski definition) is 6. The smallest absolute Gasteiger partial charge is 0.411 e. The Kier molecular flexibility index (Phi) is 7.52. The quantitative estimate of drug-likeness (QED) is 0.364. The summed E-state index contributed by atoms with van der Waals surface area (Å²) in [5.41, 5.74) is 1.37. The van der Waals surface area contributed by atoms with Crippen LogP contribution in [0.25, 0.3) is 10.9 Å². The van der Waals surface area contributed by atoms with Crippen LogP contribution >= 0.6 is 12.2 Å². The zero-order valence-electron chi connectivity index (χ0n) is 16.8. The molecule has 0 bridgehead atoms. The molecule has 0 aliphatic rings. The van der Waals surface area contributed by atoms with Crippen LogP contribution in [-0.2, 0) is 20.8 Å². The van der Waals surface area contributed by atoms with Crippen LogP contribution in [0.3, 0.4) is 0 Å². The van der Waals surface area contributed by atoms with Crippen LogP contribution in [0.4, 0.5) is 16.2 Å². The van der Waals surface area contributed by atoms with Gasteiger partial charge in [0.05, 0.1) is 17.5 Å². The van der Waals surface area contributed by atoms with Gasteiger partial charge in [-0.1, -0.05) is 18.2 Å². The third-order valence-electron chi connectivity index (χ3n) is 4.37. The molecule has 3 N–H and O–H groups in total. The van der Waals surface area contributed by atoms with Gasteiger partial charge in [0.1, 0.15) is 6.61 Å². The fraction of sp³-hybridized carbons (Fsp3) is 0.238. The first kappa shape index (κ1) is 22.2. The van der Waals surface area contributed by atoms with Crippen molar-refractivity contribution in [3.05, 3.63) is 63.7 Å². The van der Waals surface area contributed by atoms with Crippen molar-refractivity contribution in [1.82, 2.24) is 9.55 Å². The number of ether oxygens (including phenoxy) is 2. The first-order valence-electron chi connectivity index (χ1n) is 9.52. The first-order valence-corrected chi connectivity index (χ1v) is 9.93. The number of carbonyl (C=O) groups is 2. The summed E-state index contributed by atoms with van der Waals surface area (Å²) in [7, 11) is 1.51. The van der Waals surface area contributed by atoms with Gasteiger partial charge in [0, 0.05) is 31.5 Å². The molecule has 31 heavy (non-hydrogen) atoms. The Labute approximate surface area is 183 Å². The molecule has 2 amide bonds. The lowest BCUT2D eigenvalue weighted by atomic mass is 10.2. The third-order valence-corrected chi connectivity index (χ3v) is 4.69. The number of hydrogen-bond donors (Lipinski definition) is 3. The van der Waals surface area contributed by atoms with E-state index in [1.54, 1.807) is 42.5 Å². The summed E-state index contributed by atoms with van der Waals surface area (Å²) in [4.78, 5) is 39.7. The third kappa shape index (κ3) is 6.00. The number of fused-ring (bicyclic) bond motifs is 1. The minimum atomic E-state index is -0.620. The number of rotatable bonds is 8. The van der Waals surface area contributed by atoms with Crippen molar-refractivity contribution in [3.8, 4) is 0 Å². The lowest BCUT2D eigenvalue weighted by Gasteiger charge is -2.10. The van der Waals surface area contributed by atoms with E-state index in [4.69, 9.17) is 21.7 Å². The number of aromatic amines is 1. The Morgan fingerprint density at radius 2 is 1.81 bits per heavy atom. The van der Waals surface area contributed by atoms with Crippen molar-refractivity contribution in [3.63, 3.8) is 0 Å². The fourth-order valence-electron chi connectivity index (χ4n) is 2.89. The highest BCUT2D eigenvalue weighted by Gasteiger charge is 2.09. The van der Waals surface area contributed by atoms with Crippen molar-refractivity contribution in [2.24, 2.45) is 0 Å². The topological polar surface area (TPSA) is 114 Å². The van der Waals surface area contributed by atoms with Crippen LogP contribution in [0.2, 0.25) is 0 Å². The number of para-hydroxylation sites is 1. The molecule has 1 aromatic heterocycles. The van der Waals surface area contributed by atoms with E-state index in [0.717, 1.165) is 0 Å². The van der Waals surface area contributed by atoms with Crippen LogP contribution in [-0.4, -0.2) is 41.9 Å². The van der Waals surface area contributed by atoms with Gasteiger partial charge >= 0.3 is 6.09 Å². The van der Waals surface area contributed by atoms with E-state index in [-0.39, 0.29) is 35.8 Å². The lowest BCUT2D eigenvalue weighted by molar-refractivity contribution is -0.116. The number of amides is 2. The van der Waals surface area contributed by atoms with Crippen molar-refractivity contribution in [2.45, 2.75) is 13.0 Å². The van der Waals surface area contributed by atoms with E-state index in [0.29, 0.717) is 28.9 Å². The average Bonchev–Trinajstić information content (AvgIpc) is 2.74. The van der Waals surface area contributed by atoms with Crippen LogP contribution in [0.15, 0.2) is 53.3 Å². The van der Waals surface area contributed by atoms with Crippen molar-refractivity contribution in [1.29, 1.82) is 0 Å². The largest absolute Gasteiger partial charge is 0.447 e. The number of benzene rings is 2. The van der Waals surface area contributed by atoms with Gasteiger partial charge < -0.3 is 19.8 Å². The Balaban J connectivity index is 1.60. The van der Waals surface area contributed by atoms with Crippen molar-refractivity contribution in [2.75, 3.05) is 31.0 Å². The highest BCUT2D eigenvalue weighted by molar-refractivity contribution is 7.71. The predicted molar refractivity (Wildman–Crippen MR) is 120 cm³/mol. The molecule has 3 aromatic rings. The van der Waals surface area contributed by atoms with Crippen LogP contribution in [0.1, 0.15) is 6.42 Å². The summed E-state index contributed by atoms with van der Waals surface area (Å²) in [5, 5.41) is 5.82. The first-order chi connectivity index (χ1) is 15.0. The van der Waals surface area contributed by atoms with Gasteiger partial charge in [-0.2, -0.15) is 0 Å². The molecule has 0 aliphatic heterocycles. The molecule has 0 saturated carbocycles. The number of anilines is 2. The molecule has 3 rings (SSSR count). The highest BCUT2D eigenvalue weighted by atomic mass is 32.1. The zero-order chi connectivity index (χ0) is 22.2. The maximum absolute atomic E-state index is 12.6. The highest BCUT2D eigenvalue weighted by Crippen LogP contribution is 2.16. The Bertz CT molecular complexity index is 1200. The number of H-pyrrole nitrogens is 1. The molecule has 162 valence electrons. The molecule has 0 aliphatic carbocycles. The van der Waals surface area contributed by atoms with E-state index >= 15 is 0 Å². The maximum Gasteiger partial charge on any atom is 0.411 e. The summed E-state index contributed by atoms with van der Waals surface area (Å²) in [6.07, 6.45) is -0.572.